The quantitative estimate of drug-likeness (QED) is 0.466. The molecule has 1 aliphatic heterocycles. The number of ether oxygens (including phenoxy) is 1. The zero-order valence-electron chi connectivity index (χ0n) is 19.4. The highest BCUT2D eigenvalue weighted by molar-refractivity contribution is 7.71. The van der Waals surface area contributed by atoms with Crippen LogP contribution in [-0.4, -0.2) is 45.8 Å². The molecule has 0 spiro atoms. The molecule has 1 fully saturated rings. The van der Waals surface area contributed by atoms with Crippen molar-refractivity contribution in [2.45, 2.75) is 45.6 Å². The van der Waals surface area contributed by atoms with Gasteiger partial charge in [-0.2, -0.15) is 5.10 Å². The first-order chi connectivity index (χ1) is 16.0. The molecule has 7 heteroatoms. The lowest BCUT2D eigenvalue weighted by atomic mass is 9.90. The van der Waals surface area contributed by atoms with Gasteiger partial charge in [0.2, 0.25) is 5.91 Å². The third-order valence-electron chi connectivity index (χ3n) is 6.58. The van der Waals surface area contributed by atoms with Gasteiger partial charge in [0.1, 0.15) is 5.75 Å². The van der Waals surface area contributed by atoms with Gasteiger partial charge >= 0.3 is 0 Å². The zero-order chi connectivity index (χ0) is 23.2. The summed E-state index contributed by atoms with van der Waals surface area (Å²) in [4.78, 5) is 14.9. The largest absolute Gasteiger partial charge is 0.497 e. The summed E-state index contributed by atoms with van der Waals surface area (Å²) in [7, 11) is 1.64. The van der Waals surface area contributed by atoms with Crippen LogP contribution in [-0.2, 0) is 17.8 Å². The van der Waals surface area contributed by atoms with Crippen molar-refractivity contribution in [1.82, 2.24) is 19.7 Å². The summed E-state index contributed by atoms with van der Waals surface area (Å²) >= 11 is 5.42. The molecule has 4 rings (SSSR count). The van der Waals surface area contributed by atoms with Crippen LogP contribution in [0.2, 0.25) is 0 Å². The SMILES string of the molecule is COc1ccc(-c2n[nH]c(=S)n2CCC(=O)N2CCC(CCc3ccc(C)cc3)CC2)cc1. The molecule has 2 heterocycles. The van der Waals surface area contributed by atoms with Gasteiger partial charge in [-0.05, 0) is 80.6 Å². The molecule has 1 aliphatic rings. The molecular formula is C26H32N4O2S. The van der Waals surface area contributed by atoms with E-state index in [-0.39, 0.29) is 5.91 Å². The average Bonchev–Trinajstić information content (AvgIpc) is 3.22. The van der Waals surface area contributed by atoms with Gasteiger partial charge in [-0.15, -0.1) is 0 Å². The predicted octanol–water partition coefficient (Wildman–Crippen LogP) is 5.19. The predicted molar refractivity (Wildman–Crippen MR) is 133 cm³/mol. The fraction of sp³-hybridized carbons (Fsp3) is 0.423. The maximum absolute atomic E-state index is 12.9. The number of likely N-dealkylation sites (tertiary alicyclic amines) is 1. The van der Waals surface area contributed by atoms with Crippen LogP contribution < -0.4 is 4.74 Å². The van der Waals surface area contributed by atoms with Crippen molar-refractivity contribution in [3.05, 3.63) is 64.4 Å². The highest BCUT2D eigenvalue weighted by Crippen LogP contribution is 2.24. The molecule has 6 nitrogen and oxygen atoms in total. The number of carbonyl (C=O) groups is 1. The number of hydrogen-bond acceptors (Lipinski definition) is 4. The maximum Gasteiger partial charge on any atom is 0.224 e. The number of nitrogens with zero attached hydrogens (tertiary/aromatic N) is 3. The van der Waals surface area contributed by atoms with Crippen LogP contribution in [0.5, 0.6) is 5.75 Å². The number of aromatic nitrogens is 3. The van der Waals surface area contributed by atoms with Crippen molar-refractivity contribution in [3.8, 4) is 17.1 Å². The van der Waals surface area contributed by atoms with E-state index in [2.05, 4.69) is 41.4 Å². The second-order valence-corrected chi connectivity index (χ2v) is 9.22. The molecule has 1 aromatic heterocycles. The van der Waals surface area contributed by atoms with E-state index in [1.165, 1.54) is 17.5 Å². The van der Waals surface area contributed by atoms with E-state index < -0.39 is 0 Å². The fourth-order valence-electron chi connectivity index (χ4n) is 4.45. The first-order valence-corrected chi connectivity index (χ1v) is 12.1. The molecule has 2 aromatic carbocycles. The Morgan fingerprint density at radius 2 is 1.82 bits per heavy atom. The first kappa shape index (κ1) is 23.2. The Kier molecular flexibility index (Phi) is 7.60. The minimum atomic E-state index is 0.191. The normalized spacial score (nSPS) is 14.4. The molecule has 0 radical (unpaired) electrons. The van der Waals surface area contributed by atoms with Gasteiger partial charge in [-0.1, -0.05) is 29.8 Å². The topological polar surface area (TPSA) is 63.1 Å². The molecule has 0 bridgehead atoms. The van der Waals surface area contributed by atoms with E-state index in [4.69, 9.17) is 17.0 Å². The van der Waals surface area contributed by atoms with Gasteiger partial charge in [0.15, 0.2) is 10.6 Å². The van der Waals surface area contributed by atoms with E-state index in [0.717, 1.165) is 49.5 Å². The number of methoxy groups -OCH3 is 1. The van der Waals surface area contributed by atoms with E-state index in [1.54, 1.807) is 7.11 Å². The molecule has 0 unspecified atom stereocenters. The Morgan fingerprint density at radius 1 is 1.12 bits per heavy atom. The standard InChI is InChI=1S/C26H32N4O2S/c1-19-3-5-20(6-4-19)7-8-21-13-16-29(17-14-21)24(31)15-18-30-25(27-28-26(30)33)22-9-11-23(32-2)12-10-22/h3-6,9-12,21H,7-8,13-18H2,1-2H3,(H,28,33). The molecule has 0 saturated carbocycles. The summed E-state index contributed by atoms with van der Waals surface area (Å²) in [6, 6.07) is 16.5. The number of piperidine rings is 1. The second kappa shape index (κ2) is 10.8. The molecule has 174 valence electrons. The lowest BCUT2D eigenvalue weighted by Gasteiger charge is -2.32. The number of aromatic amines is 1. The van der Waals surface area contributed by atoms with Gasteiger partial charge in [0.05, 0.1) is 7.11 Å². The van der Waals surface area contributed by atoms with Gasteiger partial charge in [-0.25, -0.2) is 0 Å². The molecule has 1 saturated heterocycles. The molecule has 0 aliphatic carbocycles. The van der Waals surface area contributed by atoms with Gasteiger partial charge < -0.3 is 9.64 Å². The number of H-pyrrole nitrogens is 1. The second-order valence-electron chi connectivity index (χ2n) is 8.83. The number of nitrogens with one attached hydrogen (secondary N) is 1. The Labute approximate surface area is 200 Å². The average molecular weight is 465 g/mol. The molecule has 1 N–H and O–H groups in total. The van der Waals surface area contributed by atoms with Crippen molar-refractivity contribution in [2.75, 3.05) is 20.2 Å². The van der Waals surface area contributed by atoms with E-state index in [9.17, 15) is 4.79 Å². The van der Waals surface area contributed by atoms with E-state index >= 15 is 0 Å². The third kappa shape index (κ3) is 5.90. The van der Waals surface area contributed by atoms with Crippen LogP contribution in [0.15, 0.2) is 48.5 Å². The molecule has 0 atom stereocenters. The number of rotatable bonds is 8. The van der Waals surface area contributed by atoms with Gasteiger partial charge in [-0.3, -0.25) is 14.5 Å². The lowest BCUT2D eigenvalue weighted by molar-refractivity contribution is -0.132. The first-order valence-electron chi connectivity index (χ1n) is 11.7. The Balaban J connectivity index is 1.27. The number of aryl methyl sites for hydroxylation is 2. The highest BCUT2D eigenvalue weighted by Gasteiger charge is 2.23. The molecule has 1 amide bonds. The van der Waals surface area contributed by atoms with Crippen LogP contribution >= 0.6 is 12.2 Å². The third-order valence-corrected chi connectivity index (χ3v) is 6.90. The summed E-state index contributed by atoms with van der Waals surface area (Å²) in [5.41, 5.74) is 3.65. The molecule has 3 aromatic rings. The molecule has 33 heavy (non-hydrogen) atoms. The van der Waals surface area contributed by atoms with Crippen LogP contribution in [0.4, 0.5) is 0 Å². The highest BCUT2D eigenvalue weighted by atomic mass is 32.1. The minimum absolute atomic E-state index is 0.191. The Morgan fingerprint density at radius 3 is 2.48 bits per heavy atom. The number of carbonyl (C=O) groups excluding carboxylic acids is 1. The van der Waals surface area contributed by atoms with Crippen LogP contribution in [0.25, 0.3) is 11.4 Å². The number of hydrogen-bond donors (Lipinski definition) is 1. The molecular weight excluding hydrogens is 432 g/mol. The van der Waals surface area contributed by atoms with Crippen molar-refractivity contribution in [2.24, 2.45) is 5.92 Å². The lowest BCUT2D eigenvalue weighted by Crippen LogP contribution is -2.38. The van der Waals surface area contributed by atoms with Gasteiger partial charge in [0.25, 0.3) is 0 Å². The van der Waals surface area contributed by atoms with Crippen molar-refractivity contribution < 1.29 is 9.53 Å². The van der Waals surface area contributed by atoms with Crippen LogP contribution in [0.1, 0.15) is 36.8 Å². The Hall–Kier alpha value is -2.93. The summed E-state index contributed by atoms with van der Waals surface area (Å²) in [6.07, 6.45) is 4.90. The summed E-state index contributed by atoms with van der Waals surface area (Å²) in [5, 5.41) is 7.24. The van der Waals surface area contributed by atoms with Crippen LogP contribution in [0, 0.1) is 17.6 Å². The summed E-state index contributed by atoms with van der Waals surface area (Å²) in [5.74, 6) is 2.41. The smallest absolute Gasteiger partial charge is 0.224 e. The number of benzene rings is 2. The van der Waals surface area contributed by atoms with Crippen molar-refractivity contribution in [3.63, 3.8) is 0 Å². The van der Waals surface area contributed by atoms with Crippen LogP contribution in [0.3, 0.4) is 0 Å². The minimum Gasteiger partial charge on any atom is -0.497 e. The zero-order valence-corrected chi connectivity index (χ0v) is 20.2. The van der Waals surface area contributed by atoms with E-state index in [1.807, 2.05) is 33.7 Å². The summed E-state index contributed by atoms with van der Waals surface area (Å²) < 4.78 is 7.67. The fourth-order valence-corrected chi connectivity index (χ4v) is 4.67. The summed E-state index contributed by atoms with van der Waals surface area (Å²) in [6.45, 7) is 4.33. The maximum atomic E-state index is 12.9. The number of amides is 1. The van der Waals surface area contributed by atoms with Gasteiger partial charge in [0, 0.05) is 31.6 Å². The monoisotopic (exact) mass is 464 g/mol. The Bertz CT molecular complexity index is 1110. The van der Waals surface area contributed by atoms with E-state index in [0.29, 0.717) is 23.7 Å². The van der Waals surface area contributed by atoms with Crippen molar-refractivity contribution in [1.29, 1.82) is 0 Å². The van der Waals surface area contributed by atoms with Crippen molar-refractivity contribution >= 4 is 18.1 Å².